The normalized spacial score (nSPS) is 10.6. The van der Waals surface area contributed by atoms with E-state index in [1.54, 1.807) is 6.20 Å². The van der Waals surface area contributed by atoms with E-state index in [4.69, 9.17) is 11.6 Å². The van der Waals surface area contributed by atoms with Crippen molar-refractivity contribution in [2.45, 2.75) is 13.0 Å². The summed E-state index contributed by atoms with van der Waals surface area (Å²) in [4.78, 5) is 4.13. The third-order valence-corrected chi connectivity index (χ3v) is 3.28. The van der Waals surface area contributed by atoms with E-state index in [1.807, 2.05) is 18.3 Å². The Kier molecular flexibility index (Phi) is 5.17. The lowest BCUT2D eigenvalue weighted by molar-refractivity contribution is 0.685. The number of pyridine rings is 1. The molecule has 0 amide bonds. The Morgan fingerprint density at radius 3 is 2.61 bits per heavy atom. The maximum atomic E-state index is 5.84. The first-order chi connectivity index (χ1) is 8.74. The summed E-state index contributed by atoms with van der Waals surface area (Å²) in [5, 5.41) is 4.18. The first-order valence-electron chi connectivity index (χ1n) is 5.78. The quantitative estimate of drug-likeness (QED) is 0.845. The second-order valence-corrected chi connectivity index (χ2v) is 5.42. The fraction of sp³-hybridized carbons (Fsp3) is 0.214. The number of hydrogen-bond donors (Lipinski definition) is 1. The molecule has 0 saturated carbocycles. The van der Waals surface area contributed by atoms with Gasteiger partial charge in [0, 0.05) is 28.4 Å². The molecule has 0 bridgehead atoms. The van der Waals surface area contributed by atoms with Gasteiger partial charge < -0.3 is 5.32 Å². The van der Waals surface area contributed by atoms with E-state index in [2.05, 4.69) is 44.4 Å². The highest BCUT2D eigenvalue weighted by atomic mass is 79.9. The molecule has 0 spiro atoms. The standard InChI is InChI=1S/C14H14BrClN2/c15-13-7-12(9-18-10-13)8-17-6-5-11-1-3-14(16)4-2-11/h1-4,7,9-10,17H,5-6,8H2. The Morgan fingerprint density at radius 1 is 1.11 bits per heavy atom. The number of nitrogens with one attached hydrogen (secondary N) is 1. The summed E-state index contributed by atoms with van der Waals surface area (Å²) in [6.07, 6.45) is 4.66. The molecule has 1 heterocycles. The van der Waals surface area contributed by atoms with E-state index in [9.17, 15) is 0 Å². The van der Waals surface area contributed by atoms with Crippen LogP contribution in [0.5, 0.6) is 0 Å². The fourth-order valence-corrected chi connectivity index (χ4v) is 2.21. The highest BCUT2D eigenvalue weighted by Crippen LogP contribution is 2.10. The number of hydrogen-bond acceptors (Lipinski definition) is 2. The second-order valence-electron chi connectivity index (χ2n) is 4.06. The van der Waals surface area contributed by atoms with Crippen molar-refractivity contribution in [1.82, 2.24) is 10.3 Å². The predicted octanol–water partition coefficient (Wildman–Crippen LogP) is 3.83. The molecule has 2 aromatic rings. The van der Waals surface area contributed by atoms with Crippen molar-refractivity contribution in [3.63, 3.8) is 0 Å². The Bertz CT molecular complexity index is 499. The minimum absolute atomic E-state index is 0.784. The van der Waals surface area contributed by atoms with Gasteiger partial charge in [-0.1, -0.05) is 23.7 Å². The Morgan fingerprint density at radius 2 is 1.89 bits per heavy atom. The van der Waals surface area contributed by atoms with E-state index < -0.39 is 0 Å². The summed E-state index contributed by atoms with van der Waals surface area (Å²) in [5.41, 5.74) is 2.47. The van der Waals surface area contributed by atoms with Gasteiger partial charge in [-0.2, -0.15) is 0 Å². The van der Waals surface area contributed by atoms with Crippen LogP contribution in [0.2, 0.25) is 5.02 Å². The molecule has 2 nitrogen and oxygen atoms in total. The van der Waals surface area contributed by atoms with E-state index in [0.29, 0.717) is 0 Å². The topological polar surface area (TPSA) is 24.9 Å². The molecule has 0 radical (unpaired) electrons. The minimum Gasteiger partial charge on any atom is -0.312 e. The monoisotopic (exact) mass is 324 g/mol. The zero-order valence-electron chi connectivity index (χ0n) is 9.87. The van der Waals surface area contributed by atoms with Gasteiger partial charge in [-0.3, -0.25) is 4.98 Å². The van der Waals surface area contributed by atoms with Gasteiger partial charge in [0.15, 0.2) is 0 Å². The Balaban J connectivity index is 1.74. The van der Waals surface area contributed by atoms with Crippen molar-refractivity contribution < 1.29 is 0 Å². The van der Waals surface area contributed by atoms with Gasteiger partial charge in [-0.15, -0.1) is 0 Å². The van der Waals surface area contributed by atoms with E-state index in [1.165, 1.54) is 11.1 Å². The van der Waals surface area contributed by atoms with Crippen LogP contribution < -0.4 is 5.32 Å². The molecule has 18 heavy (non-hydrogen) atoms. The van der Waals surface area contributed by atoms with Crippen LogP contribution in [0.3, 0.4) is 0 Å². The van der Waals surface area contributed by atoms with Crippen molar-refractivity contribution in [1.29, 1.82) is 0 Å². The van der Waals surface area contributed by atoms with Crippen molar-refractivity contribution >= 4 is 27.5 Å². The van der Waals surface area contributed by atoms with Gasteiger partial charge in [-0.05, 0) is 58.2 Å². The zero-order chi connectivity index (χ0) is 12.8. The smallest absolute Gasteiger partial charge is 0.0410 e. The third-order valence-electron chi connectivity index (χ3n) is 2.59. The van der Waals surface area contributed by atoms with Crippen LogP contribution in [0.15, 0.2) is 47.2 Å². The van der Waals surface area contributed by atoms with Gasteiger partial charge in [-0.25, -0.2) is 0 Å². The van der Waals surface area contributed by atoms with Crippen molar-refractivity contribution in [2.75, 3.05) is 6.54 Å². The molecule has 0 unspecified atom stereocenters. The van der Waals surface area contributed by atoms with Crippen LogP contribution in [0.4, 0.5) is 0 Å². The molecule has 1 aromatic heterocycles. The molecule has 2 rings (SSSR count). The molecule has 4 heteroatoms. The van der Waals surface area contributed by atoms with Gasteiger partial charge in [0.1, 0.15) is 0 Å². The highest BCUT2D eigenvalue weighted by molar-refractivity contribution is 9.10. The molecular weight excluding hydrogens is 312 g/mol. The van der Waals surface area contributed by atoms with E-state index in [0.717, 1.165) is 29.0 Å². The van der Waals surface area contributed by atoms with E-state index >= 15 is 0 Å². The molecule has 1 N–H and O–H groups in total. The first-order valence-corrected chi connectivity index (χ1v) is 6.96. The molecule has 94 valence electrons. The average Bonchev–Trinajstić information content (AvgIpc) is 2.37. The summed E-state index contributed by atoms with van der Waals surface area (Å²) < 4.78 is 1.01. The summed E-state index contributed by atoms with van der Waals surface area (Å²) in [5.74, 6) is 0. The van der Waals surface area contributed by atoms with Crippen molar-refractivity contribution in [3.8, 4) is 0 Å². The molecule has 0 aliphatic carbocycles. The molecule has 0 saturated heterocycles. The maximum absolute atomic E-state index is 5.84. The molecular formula is C14H14BrClN2. The maximum Gasteiger partial charge on any atom is 0.0410 e. The van der Waals surface area contributed by atoms with Crippen LogP contribution in [-0.2, 0) is 13.0 Å². The molecule has 0 fully saturated rings. The van der Waals surface area contributed by atoms with Crippen molar-refractivity contribution in [3.05, 3.63) is 63.3 Å². The van der Waals surface area contributed by atoms with Gasteiger partial charge >= 0.3 is 0 Å². The predicted molar refractivity (Wildman–Crippen MR) is 78.8 cm³/mol. The number of rotatable bonds is 5. The summed E-state index contributed by atoms with van der Waals surface area (Å²) in [6, 6.07) is 10.0. The zero-order valence-corrected chi connectivity index (χ0v) is 12.2. The number of halogens is 2. The van der Waals surface area contributed by atoms with Crippen LogP contribution >= 0.6 is 27.5 Å². The largest absolute Gasteiger partial charge is 0.312 e. The Hall–Kier alpha value is -0.900. The first kappa shape index (κ1) is 13.5. The lowest BCUT2D eigenvalue weighted by Crippen LogP contribution is -2.16. The average molecular weight is 326 g/mol. The number of benzene rings is 1. The van der Waals surface area contributed by atoms with Crippen molar-refractivity contribution in [2.24, 2.45) is 0 Å². The van der Waals surface area contributed by atoms with E-state index in [-0.39, 0.29) is 0 Å². The van der Waals surface area contributed by atoms with Gasteiger partial charge in [0.25, 0.3) is 0 Å². The molecule has 0 atom stereocenters. The van der Waals surface area contributed by atoms with Crippen LogP contribution in [0.1, 0.15) is 11.1 Å². The van der Waals surface area contributed by atoms with Gasteiger partial charge in [0.05, 0.1) is 0 Å². The third kappa shape index (κ3) is 4.41. The minimum atomic E-state index is 0.784. The number of nitrogens with zero attached hydrogens (tertiary/aromatic N) is 1. The summed E-state index contributed by atoms with van der Waals surface area (Å²) >= 11 is 9.25. The van der Waals surface area contributed by atoms with Crippen LogP contribution in [-0.4, -0.2) is 11.5 Å². The summed E-state index contributed by atoms with van der Waals surface area (Å²) in [6.45, 7) is 1.77. The number of aromatic nitrogens is 1. The lowest BCUT2D eigenvalue weighted by Gasteiger charge is -2.05. The Labute approximate surface area is 121 Å². The fourth-order valence-electron chi connectivity index (χ4n) is 1.67. The SMILES string of the molecule is Clc1ccc(CCNCc2cncc(Br)c2)cc1. The summed E-state index contributed by atoms with van der Waals surface area (Å²) in [7, 11) is 0. The molecule has 0 aliphatic rings. The van der Waals surface area contributed by atoms with Gasteiger partial charge in [0.2, 0.25) is 0 Å². The van der Waals surface area contributed by atoms with Crippen LogP contribution in [0.25, 0.3) is 0 Å². The second kappa shape index (κ2) is 6.88. The highest BCUT2D eigenvalue weighted by Gasteiger charge is 1.96. The molecule has 0 aliphatic heterocycles. The molecule has 1 aromatic carbocycles. The lowest BCUT2D eigenvalue weighted by atomic mass is 10.1. The van der Waals surface area contributed by atoms with Crippen LogP contribution in [0, 0.1) is 0 Å².